The summed E-state index contributed by atoms with van der Waals surface area (Å²) in [5.74, 6) is 0. The summed E-state index contributed by atoms with van der Waals surface area (Å²) in [5, 5.41) is 0. The zero-order valence-corrected chi connectivity index (χ0v) is 15.8. The van der Waals surface area contributed by atoms with Crippen molar-refractivity contribution in [2.75, 3.05) is 0 Å². The van der Waals surface area contributed by atoms with Gasteiger partial charge in [-0.1, -0.05) is 61.7 Å². The summed E-state index contributed by atoms with van der Waals surface area (Å²) in [6, 6.07) is 11.0. The van der Waals surface area contributed by atoms with Crippen molar-refractivity contribution in [2.45, 2.75) is 57.2 Å². The van der Waals surface area contributed by atoms with Crippen LogP contribution in [0, 0.1) is 0 Å². The minimum absolute atomic E-state index is 0.214. The van der Waals surface area contributed by atoms with E-state index in [4.69, 9.17) is 0 Å². The summed E-state index contributed by atoms with van der Waals surface area (Å²) in [4.78, 5) is 0. The molecule has 1 aromatic carbocycles. The molecule has 0 bridgehead atoms. The molecule has 4 unspecified atom stereocenters. The first-order valence-corrected chi connectivity index (χ1v) is 12.2. The number of nitrogens with zero attached hydrogens (tertiary/aromatic N) is 1. The Hall–Kier alpha value is -0.713. The first-order chi connectivity index (χ1) is 9.61. The van der Waals surface area contributed by atoms with E-state index in [0.29, 0.717) is 0 Å². The van der Waals surface area contributed by atoms with Crippen molar-refractivity contribution in [2.24, 2.45) is 0 Å². The van der Waals surface area contributed by atoms with Crippen LogP contribution in [0.1, 0.15) is 32.4 Å². The smallest absolute Gasteiger partial charge is 0.101 e. The molecule has 0 amide bonds. The Morgan fingerprint density at radius 1 is 1.14 bits per heavy atom. The highest BCUT2D eigenvalue weighted by Gasteiger charge is 2.52. The predicted molar refractivity (Wildman–Crippen MR) is 95.2 cm³/mol. The van der Waals surface area contributed by atoms with Gasteiger partial charge in [0.1, 0.15) is 11.0 Å². The average Bonchev–Trinajstić information content (AvgIpc) is 3.08. The Balaban J connectivity index is 2.25. The van der Waals surface area contributed by atoms with Gasteiger partial charge in [-0.25, -0.2) is 8.51 Å². The van der Waals surface area contributed by atoms with Gasteiger partial charge in [0.25, 0.3) is 0 Å². The van der Waals surface area contributed by atoms with Crippen LogP contribution in [0.4, 0.5) is 0 Å². The first-order valence-electron chi connectivity index (χ1n) is 7.56. The maximum atomic E-state index is 12.8. The normalized spacial score (nSPS) is 27.8. The van der Waals surface area contributed by atoms with E-state index in [0.717, 1.165) is 0 Å². The number of hydrogen-bond acceptors (Lipinski definition) is 1. The minimum Gasteiger partial charge on any atom is -0.242 e. The van der Waals surface area contributed by atoms with Gasteiger partial charge in [-0.3, -0.25) is 0 Å². The largest absolute Gasteiger partial charge is 0.242 e. The lowest BCUT2D eigenvalue weighted by Crippen LogP contribution is -2.28. The lowest BCUT2D eigenvalue weighted by molar-refractivity contribution is 0.603. The van der Waals surface area contributed by atoms with E-state index in [1.807, 2.05) is 26.8 Å². The molecule has 1 saturated heterocycles. The summed E-state index contributed by atoms with van der Waals surface area (Å²) in [6.07, 6.45) is 2.29. The van der Waals surface area contributed by atoms with Crippen molar-refractivity contribution < 1.29 is 4.21 Å². The zero-order chi connectivity index (χ0) is 15.8. The SMILES string of the molecule is CC(C)(C)S(=O)N1C(/C=C/[Si](C)(C)C)C1c1ccccc1. The molecule has 4 atom stereocenters. The second-order valence-electron chi connectivity index (χ2n) is 7.79. The standard InChI is InChI=1S/C17H27NOSSi/c1-17(2,3)20(19)18-15(12-13-21(4,5)6)16(18)14-10-8-7-9-11-14/h7-13,15-16H,1-6H3/b13-12+. The van der Waals surface area contributed by atoms with E-state index in [1.165, 1.54) is 5.56 Å². The molecule has 1 aromatic rings. The van der Waals surface area contributed by atoms with Crippen LogP contribution in [0.2, 0.25) is 19.6 Å². The van der Waals surface area contributed by atoms with E-state index in [1.54, 1.807) is 0 Å². The van der Waals surface area contributed by atoms with Crippen LogP contribution in [-0.4, -0.2) is 27.4 Å². The summed E-state index contributed by atoms with van der Waals surface area (Å²) < 4.78 is 14.7. The van der Waals surface area contributed by atoms with E-state index in [-0.39, 0.29) is 16.8 Å². The molecule has 0 spiro atoms. The van der Waals surface area contributed by atoms with Crippen molar-refractivity contribution in [1.29, 1.82) is 0 Å². The van der Waals surface area contributed by atoms with Crippen molar-refractivity contribution in [3.05, 3.63) is 47.7 Å². The molecule has 1 aliphatic rings. The monoisotopic (exact) mass is 321 g/mol. The summed E-state index contributed by atoms with van der Waals surface area (Å²) >= 11 is 0. The highest BCUT2D eigenvalue weighted by molar-refractivity contribution is 7.84. The molecular weight excluding hydrogens is 294 g/mol. The maximum Gasteiger partial charge on any atom is 0.101 e. The molecule has 4 heteroatoms. The third-order valence-corrected chi connectivity index (χ3v) is 6.55. The van der Waals surface area contributed by atoms with Crippen LogP contribution >= 0.6 is 0 Å². The fourth-order valence-electron chi connectivity index (χ4n) is 2.33. The van der Waals surface area contributed by atoms with E-state index >= 15 is 0 Å². The molecule has 21 heavy (non-hydrogen) atoms. The third-order valence-electron chi connectivity index (χ3n) is 3.45. The fraction of sp³-hybridized carbons (Fsp3) is 0.529. The van der Waals surface area contributed by atoms with Gasteiger partial charge in [0.05, 0.1) is 24.9 Å². The van der Waals surface area contributed by atoms with Gasteiger partial charge in [0, 0.05) is 0 Å². The topological polar surface area (TPSA) is 20.1 Å². The van der Waals surface area contributed by atoms with Crippen LogP contribution in [0.25, 0.3) is 0 Å². The predicted octanol–water partition coefficient (Wildman–Crippen LogP) is 4.31. The highest BCUT2D eigenvalue weighted by Crippen LogP contribution is 2.47. The molecule has 0 radical (unpaired) electrons. The molecule has 116 valence electrons. The van der Waals surface area contributed by atoms with Gasteiger partial charge in [0.2, 0.25) is 0 Å². The van der Waals surface area contributed by atoms with Crippen molar-refractivity contribution in [3.8, 4) is 0 Å². The summed E-state index contributed by atoms with van der Waals surface area (Å²) in [5.41, 5.74) is 3.63. The van der Waals surface area contributed by atoms with Crippen LogP contribution in [0.15, 0.2) is 42.1 Å². The Morgan fingerprint density at radius 3 is 2.19 bits per heavy atom. The van der Waals surface area contributed by atoms with Crippen LogP contribution in [-0.2, 0) is 11.0 Å². The first kappa shape index (κ1) is 16.7. The molecule has 0 saturated carbocycles. The number of benzene rings is 1. The minimum atomic E-state index is -1.23. The Labute approximate surface area is 132 Å². The zero-order valence-electron chi connectivity index (χ0n) is 14.0. The second-order valence-corrected chi connectivity index (χ2v) is 15.0. The molecule has 2 rings (SSSR count). The number of rotatable bonds is 4. The lowest BCUT2D eigenvalue weighted by Gasteiger charge is -2.18. The summed E-state index contributed by atoms with van der Waals surface area (Å²) in [7, 11) is -2.20. The molecule has 1 fully saturated rings. The Kier molecular flexibility index (Phi) is 4.62. The molecule has 0 N–H and O–H groups in total. The van der Waals surface area contributed by atoms with Crippen molar-refractivity contribution in [3.63, 3.8) is 0 Å². The molecule has 1 heterocycles. The van der Waals surface area contributed by atoms with Gasteiger partial charge >= 0.3 is 0 Å². The van der Waals surface area contributed by atoms with E-state index < -0.39 is 19.1 Å². The molecular formula is C17H27NOSSi. The highest BCUT2D eigenvalue weighted by atomic mass is 32.2. The van der Waals surface area contributed by atoms with Crippen molar-refractivity contribution >= 4 is 19.1 Å². The van der Waals surface area contributed by atoms with Gasteiger partial charge in [-0.05, 0) is 26.3 Å². The number of hydrogen-bond donors (Lipinski definition) is 0. The quantitative estimate of drug-likeness (QED) is 0.598. The Morgan fingerprint density at radius 2 is 1.71 bits per heavy atom. The summed E-state index contributed by atoms with van der Waals surface area (Å²) in [6.45, 7) is 13.1. The van der Waals surface area contributed by atoms with Crippen LogP contribution in [0.3, 0.4) is 0 Å². The van der Waals surface area contributed by atoms with E-state index in [9.17, 15) is 4.21 Å². The van der Waals surface area contributed by atoms with Crippen LogP contribution in [0.5, 0.6) is 0 Å². The van der Waals surface area contributed by atoms with Gasteiger partial charge in [-0.15, -0.1) is 0 Å². The molecule has 2 nitrogen and oxygen atoms in total. The lowest BCUT2D eigenvalue weighted by atomic mass is 10.1. The fourth-order valence-corrected chi connectivity index (χ4v) is 4.54. The van der Waals surface area contributed by atoms with Gasteiger partial charge < -0.3 is 0 Å². The molecule has 0 aromatic heterocycles. The third kappa shape index (κ3) is 4.15. The second kappa shape index (κ2) is 5.82. The van der Waals surface area contributed by atoms with E-state index in [2.05, 4.69) is 60.0 Å². The van der Waals surface area contributed by atoms with Crippen molar-refractivity contribution in [1.82, 2.24) is 4.31 Å². The van der Waals surface area contributed by atoms with Gasteiger partial charge in [0.15, 0.2) is 0 Å². The molecule has 1 aliphatic heterocycles. The average molecular weight is 322 g/mol. The Bertz CT molecular complexity index is 542. The maximum absolute atomic E-state index is 12.8. The van der Waals surface area contributed by atoms with Crippen LogP contribution < -0.4 is 0 Å². The van der Waals surface area contributed by atoms with Gasteiger partial charge in [-0.2, -0.15) is 0 Å². The molecule has 0 aliphatic carbocycles.